The summed E-state index contributed by atoms with van der Waals surface area (Å²) in [6.45, 7) is 13.1. The summed E-state index contributed by atoms with van der Waals surface area (Å²) in [4.78, 5) is 16.7. The topological polar surface area (TPSA) is 41.9 Å². The Morgan fingerprint density at radius 1 is 0.750 bits per heavy atom. The highest BCUT2D eigenvalue weighted by Gasteiger charge is 2.18. The van der Waals surface area contributed by atoms with Crippen LogP contribution in [0.5, 0.6) is 0 Å². The summed E-state index contributed by atoms with van der Waals surface area (Å²) in [6.07, 6.45) is 10.8. The number of rotatable bonds is 13. The number of unbranched alkanes of at least 4 members (excludes halogenated alkanes) is 3. The van der Waals surface area contributed by atoms with Gasteiger partial charge >= 0.3 is 0 Å². The molecule has 1 aromatic rings. The molecule has 0 aliphatic rings. The first kappa shape index (κ1) is 20.9. The molecule has 1 atom stereocenters. The second-order valence-corrected chi connectivity index (χ2v) is 6.86. The fraction of sp³-hybridized carbons (Fsp3) is 0.850. The molecule has 138 valence electrons. The first-order valence-corrected chi connectivity index (χ1v) is 10.1. The predicted octanol–water partition coefficient (Wildman–Crippen LogP) is 5.66. The Morgan fingerprint density at radius 2 is 1.38 bits per heavy atom. The van der Waals surface area contributed by atoms with E-state index in [1.54, 1.807) is 0 Å². The second kappa shape index (κ2) is 12.2. The van der Waals surface area contributed by atoms with Gasteiger partial charge in [0.1, 0.15) is 11.6 Å². The molecule has 0 saturated carbocycles. The minimum atomic E-state index is 0.481. The van der Waals surface area contributed by atoms with Crippen molar-refractivity contribution < 1.29 is 0 Å². The molecule has 0 aliphatic carbocycles. The third kappa shape index (κ3) is 7.14. The quantitative estimate of drug-likeness (QED) is 0.467. The molecule has 0 aliphatic heterocycles. The van der Waals surface area contributed by atoms with E-state index >= 15 is 0 Å². The maximum absolute atomic E-state index is 4.92. The summed E-state index contributed by atoms with van der Waals surface area (Å²) in [5.41, 5.74) is 0. The Kier molecular flexibility index (Phi) is 10.6. The van der Waals surface area contributed by atoms with E-state index in [0.29, 0.717) is 5.92 Å². The van der Waals surface area contributed by atoms with Gasteiger partial charge in [-0.15, -0.1) is 0 Å². The fourth-order valence-corrected chi connectivity index (χ4v) is 3.02. The van der Waals surface area contributed by atoms with Gasteiger partial charge < -0.3 is 4.90 Å². The number of aryl methyl sites for hydroxylation is 1. The van der Waals surface area contributed by atoms with Gasteiger partial charge in [-0.25, -0.2) is 4.98 Å². The minimum absolute atomic E-state index is 0.481. The SMILES string of the molecule is CCCCC(CCC)c1nc(C)nc(N(CCCC)CCCC)n1. The average molecular weight is 335 g/mol. The zero-order valence-corrected chi connectivity index (χ0v) is 16.6. The lowest BCUT2D eigenvalue weighted by atomic mass is 9.96. The first-order valence-electron chi connectivity index (χ1n) is 10.1. The lowest BCUT2D eigenvalue weighted by Crippen LogP contribution is -2.28. The molecule has 0 fully saturated rings. The van der Waals surface area contributed by atoms with Gasteiger partial charge in [0.15, 0.2) is 0 Å². The summed E-state index contributed by atoms with van der Waals surface area (Å²) < 4.78 is 0. The predicted molar refractivity (Wildman–Crippen MR) is 104 cm³/mol. The van der Waals surface area contributed by atoms with E-state index in [1.165, 1.54) is 57.8 Å². The van der Waals surface area contributed by atoms with Crippen molar-refractivity contribution in [2.75, 3.05) is 18.0 Å². The molecule has 4 nitrogen and oxygen atoms in total. The summed E-state index contributed by atoms with van der Waals surface area (Å²) in [7, 11) is 0. The van der Waals surface area contributed by atoms with Gasteiger partial charge in [0, 0.05) is 19.0 Å². The number of hydrogen-bond donors (Lipinski definition) is 0. The van der Waals surface area contributed by atoms with Crippen LogP contribution in [-0.2, 0) is 0 Å². The maximum atomic E-state index is 4.92. The van der Waals surface area contributed by atoms with Crippen LogP contribution in [0.3, 0.4) is 0 Å². The molecule has 1 unspecified atom stereocenters. The van der Waals surface area contributed by atoms with Crippen LogP contribution in [0, 0.1) is 6.92 Å². The smallest absolute Gasteiger partial charge is 0.228 e. The summed E-state index contributed by atoms with van der Waals surface area (Å²) in [5, 5.41) is 0. The second-order valence-electron chi connectivity index (χ2n) is 6.86. The lowest BCUT2D eigenvalue weighted by molar-refractivity contribution is 0.511. The molecule has 0 saturated heterocycles. The molecule has 0 bridgehead atoms. The third-order valence-corrected chi connectivity index (χ3v) is 4.51. The van der Waals surface area contributed by atoms with Gasteiger partial charge in [-0.05, 0) is 32.6 Å². The Labute approximate surface area is 149 Å². The van der Waals surface area contributed by atoms with Crippen molar-refractivity contribution in [3.05, 3.63) is 11.6 Å². The van der Waals surface area contributed by atoms with Crippen LogP contribution in [0.15, 0.2) is 0 Å². The van der Waals surface area contributed by atoms with Crippen molar-refractivity contribution >= 4 is 5.95 Å². The van der Waals surface area contributed by atoms with E-state index in [4.69, 9.17) is 9.97 Å². The van der Waals surface area contributed by atoms with E-state index in [1.807, 2.05) is 6.92 Å². The van der Waals surface area contributed by atoms with Crippen LogP contribution in [0.4, 0.5) is 5.95 Å². The van der Waals surface area contributed by atoms with E-state index in [0.717, 1.165) is 30.7 Å². The van der Waals surface area contributed by atoms with Crippen molar-refractivity contribution in [3.63, 3.8) is 0 Å². The van der Waals surface area contributed by atoms with Crippen LogP contribution in [0.25, 0.3) is 0 Å². The van der Waals surface area contributed by atoms with Crippen LogP contribution in [0.2, 0.25) is 0 Å². The van der Waals surface area contributed by atoms with Crippen LogP contribution in [-0.4, -0.2) is 28.0 Å². The Morgan fingerprint density at radius 3 is 1.92 bits per heavy atom. The van der Waals surface area contributed by atoms with E-state index in [2.05, 4.69) is 37.6 Å². The van der Waals surface area contributed by atoms with E-state index in [9.17, 15) is 0 Å². The monoisotopic (exact) mass is 334 g/mol. The summed E-state index contributed by atoms with van der Waals surface area (Å²) in [6, 6.07) is 0. The number of anilines is 1. The van der Waals surface area contributed by atoms with Gasteiger partial charge in [-0.1, -0.05) is 59.8 Å². The van der Waals surface area contributed by atoms with Crippen LogP contribution in [0.1, 0.15) is 103 Å². The van der Waals surface area contributed by atoms with Crippen molar-refractivity contribution in [3.8, 4) is 0 Å². The molecular weight excluding hydrogens is 296 g/mol. The number of hydrogen-bond acceptors (Lipinski definition) is 4. The molecule has 0 aromatic carbocycles. The van der Waals surface area contributed by atoms with Gasteiger partial charge in [0.2, 0.25) is 5.95 Å². The molecule has 0 radical (unpaired) electrons. The van der Waals surface area contributed by atoms with Crippen molar-refractivity contribution in [1.29, 1.82) is 0 Å². The summed E-state index contributed by atoms with van der Waals surface area (Å²) >= 11 is 0. The van der Waals surface area contributed by atoms with E-state index in [-0.39, 0.29) is 0 Å². The van der Waals surface area contributed by atoms with Gasteiger partial charge in [-0.3, -0.25) is 0 Å². The van der Waals surface area contributed by atoms with Crippen molar-refractivity contribution in [2.45, 2.75) is 98.3 Å². The van der Waals surface area contributed by atoms with Gasteiger partial charge in [0.05, 0.1) is 0 Å². The molecule has 24 heavy (non-hydrogen) atoms. The molecule has 1 heterocycles. The molecule has 0 N–H and O–H groups in total. The third-order valence-electron chi connectivity index (χ3n) is 4.51. The highest BCUT2D eigenvalue weighted by atomic mass is 15.3. The lowest BCUT2D eigenvalue weighted by Gasteiger charge is -2.24. The average Bonchev–Trinajstić information content (AvgIpc) is 2.58. The van der Waals surface area contributed by atoms with Gasteiger partial charge in [0.25, 0.3) is 0 Å². The molecule has 1 rings (SSSR count). The standard InChI is InChI=1S/C20H38N4/c1-6-10-14-18(13-9-4)19-21-17(5)22-20(23-19)24(15-11-7-2)16-12-8-3/h18H,6-16H2,1-5H3. The van der Waals surface area contributed by atoms with Gasteiger partial charge in [-0.2, -0.15) is 9.97 Å². The molecule has 1 aromatic heterocycles. The molecule has 4 heteroatoms. The largest absolute Gasteiger partial charge is 0.341 e. The number of nitrogens with zero attached hydrogens (tertiary/aromatic N) is 4. The molecule has 0 spiro atoms. The first-order chi connectivity index (χ1) is 11.7. The van der Waals surface area contributed by atoms with Crippen LogP contribution >= 0.6 is 0 Å². The molecular formula is C20H38N4. The highest BCUT2D eigenvalue weighted by molar-refractivity contribution is 5.30. The minimum Gasteiger partial charge on any atom is -0.341 e. The summed E-state index contributed by atoms with van der Waals surface area (Å²) in [5.74, 6) is 3.27. The maximum Gasteiger partial charge on any atom is 0.228 e. The molecule has 0 amide bonds. The van der Waals surface area contributed by atoms with Crippen LogP contribution < -0.4 is 4.90 Å². The zero-order valence-electron chi connectivity index (χ0n) is 16.6. The zero-order chi connectivity index (χ0) is 17.8. The number of aromatic nitrogens is 3. The Bertz CT molecular complexity index is 439. The van der Waals surface area contributed by atoms with Crippen molar-refractivity contribution in [1.82, 2.24) is 15.0 Å². The fourth-order valence-electron chi connectivity index (χ4n) is 3.02. The highest BCUT2D eigenvalue weighted by Crippen LogP contribution is 2.25. The normalized spacial score (nSPS) is 12.4. The van der Waals surface area contributed by atoms with Crippen molar-refractivity contribution in [2.24, 2.45) is 0 Å². The Balaban J connectivity index is 3.01. The Hall–Kier alpha value is -1.19. The van der Waals surface area contributed by atoms with E-state index < -0.39 is 0 Å².